The minimum Gasteiger partial charge on any atom is -0.306 e. The molecule has 0 aliphatic carbocycles. The second-order valence-electron chi connectivity index (χ2n) is 17.8. The Morgan fingerprint density at radius 3 is 1.22 bits per heavy atom. The molecule has 0 radical (unpaired) electrons. The highest BCUT2D eigenvalue weighted by atomic mass is 31.1. The molecule has 0 heterocycles. The number of nitrogens with zero attached hydrogens (tertiary/aromatic N) is 1. The van der Waals surface area contributed by atoms with Crippen LogP contribution in [0.25, 0.3) is 0 Å². The average Bonchev–Trinajstić information content (AvgIpc) is 3.03. The van der Waals surface area contributed by atoms with Gasteiger partial charge in [-0.2, -0.15) is 0 Å². The van der Waals surface area contributed by atoms with Gasteiger partial charge in [-0.3, -0.25) is 0 Å². The summed E-state index contributed by atoms with van der Waals surface area (Å²) in [5.41, 5.74) is 0. The SMILES string of the molecule is C=CC[Si](C)(C)CCC[Si](CCCC(CP(c1ccccc1)c1ccccc1)N(C)C)(CCC[Si](C)(C)CC=C)CCC[Si](C)(C)CC=C. The van der Waals surface area contributed by atoms with E-state index < -0.39 is 32.3 Å². The van der Waals surface area contributed by atoms with Crippen molar-refractivity contribution >= 4 is 50.8 Å². The quantitative estimate of drug-likeness (QED) is 0.0499. The van der Waals surface area contributed by atoms with E-state index in [-0.39, 0.29) is 7.92 Å². The van der Waals surface area contributed by atoms with E-state index in [2.05, 4.69) is 157 Å². The van der Waals surface area contributed by atoms with E-state index in [9.17, 15) is 0 Å². The maximum atomic E-state index is 4.12. The molecule has 49 heavy (non-hydrogen) atoms. The summed E-state index contributed by atoms with van der Waals surface area (Å²) in [6.07, 6.45) is 15.0. The van der Waals surface area contributed by atoms with Gasteiger partial charge in [0.25, 0.3) is 0 Å². The van der Waals surface area contributed by atoms with Gasteiger partial charge in [0.1, 0.15) is 0 Å². The van der Waals surface area contributed by atoms with Crippen molar-refractivity contribution in [3.8, 4) is 0 Å². The highest BCUT2D eigenvalue weighted by Gasteiger charge is 2.34. The van der Waals surface area contributed by atoms with Gasteiger partial charge < -0.3 is 4.90 Å². The number of benzene rings is 2. The minimum atomic E-state index is -1.46. The molecular weight excluding hydrogens is 674 g/mol. The predicted octanol–water partition coefficient (Wildman–Crippen LogP) is 13.1. The molecule has 0 aromatic heterocycles. The van der Waals surface area contributed by atoms with E-state index in [1.807, 2.05) is 0 Å². The lowest BCUT2D eigenvalue weighted by molar-refractivity contribution is 0.300. The highest BCUT2D eigenvalue weighted by molar-refractivity contribution is 7.73. The Bertz CT molecular complexity index is 1100. The van der Waals surface area contributed by atoms with Gasteiger partial charge in [-0.05, 0) is 63.3 Å². The van der Waals surface area contributed by atoms with Gasteiger partial charge in [0.15, 0.2) is 0 Å². The fourth-order valence-corrected chi connectivity index (χ4v) is 23.4. The molecule has 1 nitrogen and oxygen atoms in total. The second kappa shape index (κ2) is 22.1. The van der Waals surface area contributed by atoms with E-state index in [1.165, 1.54) is 91.2 Å². The van der Waals surface area contributed by atoms with Crippen molar-refractivity contribution in [3.63, 3.8) is 0 Å². The van der Waals surface area contributed by atoms with Gasteiger partial charge in [-0.1, -0.05) is 186 Å². The molecule has 0 amide bonds. The zero-order valence-electron chi connectivity index (χ0n) is 33.4. The van der Waals surface area contributed by atoms with Crippen LogP contribution in [0.4, 0.5) is 0 Å². The molecule has 0 fully saturated rings. The minimum absolute atomic E-state index is 0.387. The zero-order valence-corrected chi connectivity index (χ0v) is 38.3. The van der Waals surface area contributed by atoms with Crippen LogP contribution in [0.3, 0.4) is 0 Å². The summed E-state index contributed by atoms with van der Waals surface area (Å²) >= 11 is 0. The van der Waals surface area contributed by atoms with Crippen LogP contribution in [-0.4, -0.2) is 63.5 Å². The molecule has 6 heteroatoms. The molecule has 2 aromatic rings. The average molecular weight is 750 g/mol. The van der Waals surface area contributed by atoms with E-state index in [0.29, 0.717) is 6.04 Å². The van der Waals surface area contributed by atoms with Gasteiger partial charge in [0.2, 0.25) is 0 Å². The number of hydrogen-bond acceptors (Lipinski definition) is 1. The fourth-order valence-electron chi connectivity index (χ4n) is 8.07. The summed E-state index contributed by atoms with van der Waals surface area (Å²) in [4.78, 5) is 2.56. The van der Waals surface area contributed by atoms with E-state index in [1.54, 1.807) is 18.1 Å². The van der Waals surface area contributed by atoms with Crippen LogP contribution in [-0.2, 0) is 0 Å². The third-order valence-corrected chi connectivity index (χ3v) is 28.9. The molecule has 2 aromatic carbocycles. The van der Waals surface area contributed by atoms with Crippen molar-refractivity contribution in [1.82, 2.24) is 4.90 Å². The van der Waals surface area contributed by atoms with Crippen LogP contribution in [0, 0.1) is 0 Å². The van der Waals surface area contributed by atoms with E-state index in [0.717, 1.165) is 0 Å². The van der Waals surface area contributed by atoms with Crippen LogP contribution >= 0.6 is 7.92 Å². The van der Waals surface area contributed by atoms with E-state index >= 15 is 0 Å². The van der Waals surface area contributed by atoms with Gasteiger partial charge in [-0.25, -0.2) is 0 Å². The van der Waals surface area contributed by atoms with Gasteiger partial charge in [0, 0.05) is 6.04 Å². The molecule has 1 atom stereocenters. The van der Waals surface area contributed by atoms with Crippen molar-refractivity contribution in [1.29, 1.82) is 0 Å². The van der Waals surface area contributed by atoms with E-state index in [4.69, 9.17) is 0 Å². The predicted molar refractivity (Wildman–Crippen MR) is 241 cm³/mol. The molecule has 0 N–H and O–H groups in total. The smallest absolute Gasteiger partial charge is 0.0535 e. The molecule has 0 saturated carbocycles. The lowest BCUT2D eigenvalue weighted by atomic mass is 10.2. The molecule has 1 unspecified atom stereocenters. The highest BCUT2D eigenvalue weighted by Crippen LogP contribution is 2.40. The van der Waals surface area contributed by atoms with Crippen molar-refractivity contribution in [2.45, 2.75) is 138 Å². The summed E-state index contributed by atoms with van der Waals surface area (Å²) < 4.78 is 0. The lowest BCUT2D eigenvalue weighted by Gasteiger charge is -2.36. The summed E-state index contributed by atoms with van der Waals surface area (Å²) in [5.74, 6) is 0. The zero-order chi connectivity index (χ0) is 36.4. The standard InChI is InChI=1S/C43H76NPSi4/c1-12-30-46(6,7)33-22-37-49(38-23-34-47(8,9)31-13-2,39-24-35-48(10,11)32-14-3)36-21-25-41(44(4)5)40-45(42-26-17-15-18-27-42)43-28-19-16-20-29-43/h12-20,26-29,41H,1-3,21-25,30-40H2,4-11H3. The molecule has 0 saturated heterocycles. The number of allylic oxidation sites excluding steroid dienone is 3. The lowest BCUT2D eigenvalue weighted by Crippen LogP contribution is -2.38. The molecule has 0 spiro atoms. The van der Waals surface area contributed by atoms with Crippen molar-refractivity contribution in [2.24, 2.45) is 0 Å². The topological polar surface area (TPSA) is 3.24 Å². The summed E-state index contributed by atoms with van der Waals surface area (Å²) in [5, 5.41) is 3.03. The Balaban J connectivity index is 2.33. The first-order valence-electron chi connectivity index (χ1n) is 19.5. The van der Waals surface area contributed by atoms with Gasteiger partial charge in [-0.15, -0.1) is 19.7 Å². The molecule has 0 aliphatic heterocycles. The Labute approximate surface area is 311 Å². The maximum absolute atomic E-state index is 4.12. The molecule has 0 bridgehead atoms. The first kappa shape index (κ1) is 44.1. The van der Waals surface area contributed by atoms with Crippen LogP contribution in [0.2, 0.25) is 99.7 Å². The molecule has 2 rings (SSSR count). The van der Waals surface area contributed by atoms with Crippen molar-refractivity contribution < 1.29 is 0 Å². The molecule has 274 valence electrons. The largest absolute Gasteiger partial charge is 0.306 e. The molecule has 0 aliphatic rings. The molecular formula is C43H76NPSi4. The third kappa shape index (κ3) is 17.3. The first-order valence-corrected chi connectivity index (χ1v) is 34.1. The van der Waals surface area contributed by atoms with Gasteiger partial charge in [0.05, 0.1) is 32.3 Å². The fraction of sp³-hybridized carbons (Fsp3) is 0.581. The summed E-state index contributed by atoms with van der Waals surface area (Å²) in [7, 11) is -0.778. The van der Waals surface area contributed by atoms with Crippen molar-refractivity contribution in [3.05, 3.63) is 98.6 Å². The van der Waals surface area contributed by atoms with Crippen LogP contribution in [0.5, 0.6) is 0 Å². The summed E-state index contributed by atoms with van der Waals surface area (Å²) in [6, 6.07) is 37.8. The second-order valence-corrected chi connectivity index (χ2v) is 40.8. The Morgan fingerprint density at radius 2 is 0.898 bits per heavy atom. The number of rotatable bonds is 27. The Hall–Kier alpha value is -1.08. The van der Waals surface area contributed by atoms with Gasteiger partial charge >= 0.3 is 0 Å². The van der Waals surface area contributed by atoms with Crippen molar-refractivity contribution in [2.75, 3.05) is 20.3 Å². The Morgan fingerprint density at radius 1 is 0.551 bits per heavy atom. The maximum Gasteiger partial charge on any atom is 0.0535 e. The van der Waals surface area contributed by atoms with Crippen LogP contribution < -0.4 is 10.6 Å². The number of hydrogen-bond donors (Lipinski definition) is 0. The normalized spacial score (nSPS) is 13.5. The van der Waals surface area contributed by atoms with Crippen LogP contribution in [0.1, 0.15) is 32.1 Å². The summed E-state index contributed by atoms with van der Waals surface area (Å²) in [6.45, 7) is 28.0. The van der Waals surface area contributed by atoms with Crippen LogP contribution in [0.15, 0.2) is 98.6 Å². The first-order chi connectivity index (χ1) is 23.2. The third-order valence-electron chi connectivity index (χ3n) is 11.3. The monoisotopic (exact) mass is 749 g/mol. The Kier molecular flexibility index (Phi) is 19.9.